The molecule has 2 rings (SSSR count). The highest BCUT2D eigenvalue weighted by atomic mass is 19.1. The number of piperidine rings is 1. The molecule has 0 unspecified atom stereocenters. The summed E-state index contributed by atoms with van der Waals surface area (Å²) in [6.45, 7) is 1.33. The van der Waals surface area contributed by atoms with Crippen LogP contribution in [-0.4, -0.2) is 30.5 Å². The smallest absolute Gasteiger partial charge is 0.260 e. The van der Waals surface area contributed by atoms with Crippen molar-refractivity contribution >= 4 is 5.91 Å². The minimum atomic E-state index is -0.620. The third-order valence-corrected chi connectivity index (χ3v) is 3.12. The van der Waals surface area contributed by atoms with Gasteiger partial charge in [-0.2, -0.15) is 5.26 Å². The molecule has 0 N–H and O–H groups in total. The lowest BCUT2D eigenvalue weighted by atomic mass is 10.1. The van der Waals surface area contributed by atoms with Gasteiger partial charge in [-0.1, -0.05) is 0 Å². The van der Waals surface area contributed by atoms with Gasteiger partial charge in [-0.15, -0.1) is 0 Å². The van der Waals surface area contributed by atoms with Crippen LogP contribution < -0.4 is 4.74 Å². The van der Waals surface area contributed by atoms with Crippen LogP contribution in [0.2, 0.25) is 0 Å². The Hall–Kier alpha value is -2.09. The van der Waals surface area contributed by atoms with Gasteiger partial charge >= 0.3 is 0 Å². The molecule has 0 radical (unpaired) electrons. The first-order valence-electron chi connectivity index (χ1n) is 6.31. The standard InChI is InChI=1S/C14H15FN2O2/c15-12-8-11(9-16)4-5-13(12)19-10-14(18)17-6-2-1-3-7-17/h4-5,8H,1-3,6-7,10H2. The molecule has 19 heavy (non-hydrogen) atoms. The van der Waals surface area contributed by atoms with E-state index in [2.05, 4.69) is 0 Å². The molecule has 1 amide bonds. The fraction of sp³-hybridized carbons (Fsp3) is 0.429. The second-order valence-corrected chi connectivity index (χ2v) is 4.49. The summed E-state index contributed by atoms with van der Waals surface area (Å²) in [5, 5.41) is 8.62. The van der Waals surface area contributed by atoms with E-state index in [-0.39, 0.29) is 23.8 Å². The number of carbonyl (C=O) groups is 1. The van der Waals surface area contributed by atoms with Crippen LogP contribution in [0.1, 0.15) is 24.8 Å². The van der Waals surface area contributed by atoms with Gasteiger partial charge in [-0.3, -0.25) is 4.79 Å². The highest BCUT2D eigenvalue weighted by Crippen LogP contribution is 2.18. The zero-order valence-electron chi connectivity index (χ0n) is 10.6. The van der Waals surface area contributed by atoms with Crippen molar-refractivity contribution in [3.63, 3.8) is 0 Å². The molecular weight excluding hydrogens is 247 g/mol. The van der Waals surface area contributed by atoms with Crippen LogP contribution in [-0.2, 0) is 4.79 Å². The first kappa shape index (κ1) is 13.3. The van der Waals surface area contributed by atoms with Crippen molar-refractivity contribution in [3.05, 3.63) is 29.6 Å². The molecule has 0 atom stereocenters. The maximum Gasteiger partial charge on any atom is 0.260 e. The average Bonchev–Trinajstić information content (AvgIpc) is 2.46. The van der Waals surface area contributed by atoms with Gasteiger partial charge in [0, 0.05) is 13.1 Å². The van der Waals surface area contributed by atoms with Gasteiger partial charge in [0.15, 0.2) is 18.2 Å². The van der Waals surface area contributed by atoms with E-state index in [1.54, 1.807) is 4.90 Å². The lowest BCUT2D eigenvalue weighted by molar-refractivity contribution is -0.134. The largest absolute Gasteiger partial charge is 0.481 e. The normalized spacial score (nSPS) is 14.8. The Labute approximate surface area is 111 Å². The second-order valence-electron chi connectivity index (χ2n) is 4.49. The van der Waals surface area contributed by atoms with Crippen LogP contribution in [0.25, 0.3) is 0 Å². The third kappa shape index (κ3) is 3.44. The summed E-state index contributed by atoms with van der Waals surface area (Å²) in [4.78, 5) is 13.6. The van der Waals surface area contributed by atoms with E-state index >= 15 is 0 Å². The molecular formula is C14H15FN2O2. The number of rotatable bonds is 3. The molecule has 5 heteroatoms. The second kappa shape index (κ2) is 6.19. The van der Waals surface area contributed by atoms with E-state index in [1.165, 1.54) is 12.1 Å². The Kier molecular flexibility index (Phi) is 4.35. The Morgan fingerprint density at radius 3 is 2.74 bits per heavy atom. The van der Waals surface area contributed by atoms with E-state index in [4.69, 9.17) is 10.00 Å². The average molecular weight is 262 g/mol. The van der Waals surface area contributed by atoms with Gasteiger partial charge in [0.05, 0.1) is 11.6 Å². The van der Waals surface area contributed by atoms with Gasteiger partial charge in [0.2, 0.25) is 0 Å². The summed E-state index contributed by atoms with van der Waals surface area (Å²) in [6.07, 6.45) is 3.17. The lowest BCUT2D eigenvalue weighted by Gasteiger charge is -2.26. The molecule has 1 aromatic carbocycles. The van der Waals surface area contributed by atoms with Crippen LogP contribution in [0.4, 0.5) is 4.39 Å². The predicted molar refractivity (Wildman–Crippen MR) is 67.0 cm³/mol. The van der Waals surface area contributed by atoms with Crippen molar-refractivity contribution in [2.45, 2.75) is 19.3 Å². The Balaban J connectivity index is 1.91. The Morgan fingerprint density at radius 2 is 2.11 bits per heavy atom. The van der Waals surface area contributed by atoms with E-state index in [1.807, 2.05) is 6.07 Å². The number of halogens is 1. The molecule has 100 valence electrons. The number of carbonyl (C=O) groups excluding carboxylic acids is 1. The first-order valence-corrected chi connectivity index (χ1v) is 6.31. The number of hydrogen-bond donors (Lipinski definition) is 0. The molecule has 1 aliphatic heterocycles. The highest BCUT2D eigenvalue weighted by Gasteiger charge is 2.17. The molecule has 0 bridgehead atoms. The Bertz CT molecular complexity index is 505. The van der Waals surface area contributed by atoms with Crippen molar-refractivity contribution in [1.82, 2.24) is 4.90 Å². The summed E-state index contributed by atoms with van der Waals surface area (Å²) in [5.41, 5.74) is 0.229. The van der Waals surface area contributed by atoms with E-state index < -0.39 is 5.82 Å². The van der Waals surface area contributed by atoms with Gasteiger partial charge in [0.1, 0.15) is 0 Å². The Morgan fingerprint density at radius 1 is 1.37 bits per heavy atom. The number of nitrogens with zero attached hydrogens (tertiary/aromatic N) is 2. The molecule has 1 saturated heterocycles. The minimum Gasteiger partial charge on any atom is -0.481 e. The van der Waals surface area contributed by atoms with Crippen molar-refractivity contribution in [1.29, 1.82) is 5.26 Å². The zero-order chi connectivity index (χ0) is 13.7. The molecule has 1 fully saturated rings. The first-order chi connectivity index (χ1) is 9.20. The number of likely N-dealkylation sites (tertiary alicyclic amines) is 1. The third-order valence-electron chi connectivity index (χ3n) is 3.12. The SMILES string of the molecule is N#Cc1ccc(OCC(=O)N2CCCCC2)c(F)c1. The van der Waals surface area contributed by atoms with Gasteiger partial charge in [-0.25, -0.2) is 4.39 Å². The fourth-order valence-electron chi connectivity index (χ4n) is 2.06. The summed E-state index contributed by atoms with van der Waals surface area (Å²) < 4.78 is 18.7. The van der Waals surface area contributed by atoms with Crippen molar-refractivity contribution < 1.29 is 13.9 Å². The van der Waals surface area contributed by atoms with Crippen LogP contribution in [0, 0.1) is 17.1 Å². The molecule has 0 saturated carbocycles. The highest BCUT2D eigenvalue weighted by molar-refractivity contribution is 5.77. The maximum absolute atomic E-state index is 13.5. The van der Waals surface area contributed by atoms with E-state index in [0.717, 1.165) is 38.4 Å². The monoisotopic (exact) mass is 262 g/mol. The quantitative estimate of drug-likeness (QED) is 0.838. The number of hydrogen-bond acceptors (Lipinski definition) is 3. The molecule has 1 aliphatic rings. The van der Waals surface area contributed by atoms with Crippen molar-refractivity contribution in [2.24, 2.45) is 0 Å². The number of nitriles is 1. The van der Waals surface area contributed by atoms with Gasteiger partial charge < -0.3 is 9.64 Å². The summed E-state index contributed by atoms with van der Waals surface area (Å²) >= 11 is 0. The van der Waals surface area contributed by atoms with Crippen molar-refractivity contribution in [2.75, 3.05) is 19.7 Å². The minimum absolute atomic E-state index is 0.00404. The van der Waals surface area contributed by atoms with Gasteiger partial charge in [-0.05, 0) is 37.5 Å². The van der Waals surface area contributed by atoms with E-state index in [9.17, 15) is 9.18 Å². The number of benzene rings is 1. The van der Waals surface area contributed by atoms with Crippen LogP contribution in [0.15, 0.2) is 18.2 Å². The summed E-state index contributed by atoms with van der Waals surface area (Å²) in [6, 6.07) is 5.77. The van der Waals surface area contributed by atoms with E-state index in [0.29, 0.717) is 0 Å². The summed E-state index contributed by atoms with van der Waals surface area (Å²) in [5.74, 6) is -0.738. The lowest BCUT2D eigenvalue weighted by Crippen LogP contribution is -2.38. The van der Waals surface area contributed by atoms with Crippen LogP contribution in [0.3, 0.4) is 0 Å². The summed E-state index contributed by atoms with van der Waals surface area (Å²) in [7, 11) is 0. The van der Waals surface area contributed by atoms with Crippen LogP contribution in [0.5, 0.6) is 5.75 Å². The fourth-order valence-corrected chi connectivity index (χ4v) is 2.06. The van der Waals surface area contributed by atoms with Crippen LogP contribution >= 0.6 is 0 Å². The number of ether oxygens (including phenoxy) is 1. The molecule has 1 aromatic rings. The maximum atomic E-state index is 13.5. The zero-order valence-corrected chi connectivity index (χ0v) is 10.6. The molecule has 0 aliphatic carbocycles. The van der Waals surface area contributed by atoms with Crippen molar-refractivity contribution in [3.8, 4) is 11.8 Å². The molecule has 0 aromatic heterocycles. The molecule has 1 heterocycles. The predicted octanol–water partition coefficient (Wildman–Crippen LogP) is 2.09. The number of amides is 1. The van der Waals surface area contributed by atoms with Gasteiger partial charge in [0.25, 0.3) is 5.91 Å². The molecule has 4 nitrogen and oxygen atoms in total. The topological polar surface area (TPSA) is 53.3 Å². The molecule has 0 spiro atoms.